The zero-order valence-electron chi connectivity index (χ0n) is 8.78. The van der Waals surface area contributed by atoms with Crippen LogP contribution in [0.25, 0.3) is 10.2 Å². The maximum Gasteiger partial charge on any atom is 0.268 e. The van der Waals surface area contributed by atoms with Crippen LogP contribution in [0, 0.1) is 12.3 Å². The first-order valence-corrected chi connectivity index (χ1v) is 5.74. The number of nitrogens with one attached hydrogen (secondary N) is 2. The lowest BCUT2D eigenvalue weighted by Crippen LogP contribution is -2.26. The first-order chi connectivity index (χ1) is 7.70. The van der Waals surface area contributed by atoms with Crippen molar-refractivity contribution in [1.29, 1.82) is 0 Å². The van der Waals surface area contributed by atoms with Crippen molar-refractivity contribution in [2.45, 2.75) is 19.5 Å². The van der Waals surface area contributed by atoms with E-state index in [0.29, 0.717) is 17.1 Å². The number of terminal acetylenes is 1. The second kappa shape index (κ2) is 4.47. The van der Waals surface area contributed by atoms with Gasteiger partial charge in [-0.15, -0.1) is 17.8 Å². The minimum atomic E-state index is -0.0924. The fourth-order valence-corrected chi connectivity index (χ4v) is 2.04. The predicted molar refractivity (Wildman–Crippen MR) is 65.4 cm³/mol. The van der Waals surface area contributed by atoms with Crippen LogP contribution in [0.5, 0.6) is 0 Å². The summed E-state index contributed by atoms with van der Waals surface area (Å²) in [6.45, 7) is 2.34. The molecule has 2 rings (SSSR count). The van der Waals surface area contributed by atoms with E-state index >= 15 is 0 Å². The van der Waals surface area contributed by atoms with E-state index in [9.17, 15) is 4.79 Å². The fourth-order valence-electron chi connectivity index (χ4n) is 1.31. The largest absolute Gasteiger partial charge is 0.308 e. The highest BCUT2D eigenvalue weighted by Crippen LogP contribution is 2.13. The highest BCUT2D eigenvalue weighted by molar-refractivity contribution is 7.17. The second-order valence-electron chi connectivity index (χ2n) is 3.42. The molecule has 5 heteroatoms. The van der Waals surface area contributed by atoms with E-state index in [1.54, 1.807) is 0 Å². The molecule has 2 N–H and O–H groups in total. The normalized spacial score (nSPS) is 12.5. The topological polar surface area (TPSA) is 57.8 Å². The molecule has 16 heavy (non-hydrogen) atoms. The molecule has 0 saturated carbocycles. The van der Waals surface area contributed by atoms with Crippen LogP contribution < -0.4 is 10.9 Å². The van der Waals surface area contributed by atoms with E-state index in [-0.39, 0.29) is 11.6 Å². The van der Waals surface area contributed by atoms with Crippen LogP contribution in [0.2, 0.25) is 0 Å². The van der Waals surface area contributed by atoms with E-state index < -0.39 is 0 Å². The molecule has 4 nitrogen and oxygen atoms in total. The molecule has 1 atom stereocenters. The third-order valence-electron chi connectivity index (χ3n) is 2.19. The Bertz CT molecular complexity index is 593. The van der Waals surface area contributed by atoms with Gasteiger partial charge in [-0.1, -0.05) is 5.92 Å². The predicted octanol–water partition coefficient (Wildman–Crippen LogP) is 1.10. The Morgan fingerprint density at radius 3 is 3.31 bits per heavy atom. The minimum absolute atomic E-state index is 0.0385. The van der Waals surface area contributed by atoms with Gasteiger partial charge in [0.1, 0.15) is 10.5 Å². The Morgan fingerprint density at radius 1 is 1.75 bits per heavy atom. The van der Waals surface area contributed by atoms with Crippen LogP contribution in [0.3, 0.4) is 0 Å². The van der Waals surface area contributed by atoms with Gasteiger partial charge in [-0.05, 0) is 18.4 Å². The third-order valence-corrected chi connectivity index (χ3v) is 3.09. The first-order valence-electron chi connectivity index (χ1n) is 4.86. The van der Waals surface area contributed by atoms with E-state index in [2.05, 4.69) is 21.2 Å². The van der Waals surface area contributed by atoms with Crippen molar-refractivity contribution in [3.8, 4) is 12.3 Å². The van der Waals surface area contributed by atoms with Crippen LogP contribution in [0.1, 0.15) is 12.7 Å². The van der Waals surface area contributed by atoms with Crippen molar-refractivity contribution < 1.29 is 0 Å². The van der Waals surface area contributed by atoms with Gasteiger partial charge in [0.2, 0.25) is 0 Å². The molecule has 0 aliphatic rings. The van der Waals surface area contributed by atoms with Crippen LogP contribution >= 0.6 is 11.3 Å². The Kier molecular flexibility index (Phi) is 3.04. The molecule has 0 fully saturated rings. The van der Waals surface area contributed by atoms with Gasteiger partial charge in [-0.25, -0.2) is 4.98 Å². The van der Waals surface area contributed by atoms with Gasteiger partial charge in [-0.3, -0.25) is 10.1 Å². The van der Waals surface area contributed by atoms with Crippen LogP contribution in [0.15, 0.2) is 16.2 Å². The number of hydrogen-bond acceptors (Lipinski definition) is 4. The number of aromatic amines is 1. The zero-order chi connectivity index (χ0) is 11.5. The van der Waals surface area contributed by atoms with Crippen molar-refractivity contribution in [3.63, 3.8) is 0 Å². The molecule has 0 aliphatic carbocycles. The van der Waals surface area contributed by atoms with Crippen LogP contribution in [-0.4, -0.2) is 16.0 Å². The molecule has 2 aromatic rings. The number of H-pyrrole nitrogens is 1. The third kappa shape index (κ3) is 2.13. The Hall–Kier alpha value is -1.64. The van der Waals surface area contributed by atoms with E-state index in [0.717, 1.165) is 5.52 Å². The minimum Gasteiger partial charge on any atom is -0.308 e. The molecule has 1 unspecified atom stereocenters. The van der Waals surface area contributed by atoms with Gasteiger partial charge in [0.25, 0.3) is 5.56 Å². The number of rotatable bonds is 3. The summed E-state index contributed by atoms with van der Waals surface area (Å²) >= 11 is 1.39. The average molecular weight is 233 g/mol. The molecule has 0 radical (unpaired) electrons. The smallest absolute Gasteiger partial charge is 0.268 e. The maximum absolute atomic E-state index is 11.6. The molecule has 0 saturated heterocycles. The molecular weight excluding hydrogens is 222 g/mol. The summed E-state index contributed by atoms with van der Waals surface area (Å²) in [5.74, 6) is 3.16. The average Bonchev–Trinajstić information content (AvgIpc) is 2.74. The summed E-state index contributed by atoms with van der Waals surface area (Å²) in [5.41, 5.74) is 0.643. The Morgan fingerprint density at radius 2 is 2.56 bits per heavy atom. The van der Waals surface area contributed by atoms with Crippen LogP contribution in [-0.2, 0) is 6.54 Å². The number of thiophene rings is 1. The lowest BCUT2D eigenvalue weighted by molar-refractivity contribution is 0.625. The van der Waals surface area contributed by atoms with Gasteiger partial charge in [0, 0.05) is 0 Å². The molecule has 0 bridgehead atoms. The molecule has 0 aromatic carbocycles. The van der Waals surface area contributed by atoms with Crippen molar-refractivity contribution in [2.24, 2.45) is 0 Å². The number of hydrogen-bond donors (Lipinski definition) is 2. The molecular formula is C11H11N3OS. The molecule has 0 spiro atoms. The maximum atomic E-state index is 11.6. The molecule has 2 heterocycles. The van der Waals surface area contributed by atoms with Gasteiger partial charge >= 0.3 is 0 Å². The second-order valence-corrected chi connectivity index (χ2v) is 4.33. The van der Waals surface area contributed by atoms with Crippen molar-refractivity contribution in [3.05, 3.63) is 27.6 Å². The highest BCUT2D eigenvalue weighted by Gasteiger charge is 2.05. The summed E-state index contributed by atoms with van der Waals surface area (Å²) in [7, 11) is 0. The molecule has 0 aliphatic heterocycles. The SMILES string of the molecule is C#CC(C)NCc1nc2ccsc2c(=O)[nH]1. The molecule has 2 aromatic heterocycles. The van der Waals surface area contributed by atoms with Crippen molar-refractivity contribution >= 4 is 21.6 Å². The van der Waals surface area contributed by atoms with E-state index in [1.165, 1.54) is 11.3 Å². The quantitative estimate of drug-likeness (QED) is 0.780. The van der Waals surface area contributed by atoms with Gasteiger partial charge in [0.05, 0.1) is 18.1 Å². The standard InChI is InChI=1S/C11H11N3OS/c1-3-7(2)12-6-9-13-8-4-5-16-10(8)11(15)14-9/h1,4-5,7,12H,6H2,2H3,(H,13,14,15). The first kappa shape index (κ1) is 10.9. The summed E-state index contributed by atoms with van der Waals surface area (Å²) in [6, 6.07) is 1.80. The lowest BCUT2D eigenvalue weighted by Gasteiger charge is -2.06. The Balaban J connectivity index is 2.26. The van der Waals surface area contributed by atoms with E-state index in [4.69, 9.17) is 6.42 Å². The summed E-state index contributed by atoms with van der Waals surface area (Å²) in [6.07, 6.45) is 5.24. The summed E-state index contributed by atoms with van der Waals surface area (Å²) < 4.78 is 0.661. The molecule has 0 amide bonds. The van der Waals surface area contributed by atoms with Gasteiger partial charge in [-0.2, -0.15) is 0 Å². The summed E-state index contributed by atoms with van der Waals surface area (Å²) in [5, 5.41) is 4.92. The highest BCUT2D eigenvalue weighted by atomic mass is 32.1. The summed E-state index contributed by atoms with van der Waals surface area (Å²) in [4.78, 5) is 18.7. The monoisotopic (exact) mass is 233 g/mol. The lowest BCUT2D eigenvalue weighted by atomic mass is 10.3. The van der Waals surface area contributed by atoms with Crippen molar-refractivity contribution in [2.75, 3.05) is 0 Å². The number of aromatic nitrogens is 2. The van der Waals surface area contributed by atoms with Gasteiger partial charge in [0.15, 0.2) is 0 Å². The number of nitrogens with zero attached hydrogens (tertiary/aromatic N) is 1. The van der Waals surface area contributed by atoms with Gasteiger partial charge < -0.3 is 4.98 Å². The Labute approximate surface area is 96.7 Å². The number of fused-ring (bicyclic) bond motifs is 1. The van der Waals surface area contributed by atoms with Crippen LogP contribution in [0.4, 0.5) is 0 Å². The van der Waals surface area contributed by atoms with E-state index in [1.807, 2.05) is 18.4 Å². The molecule has 82 valence electrons. The fraction of sp³-hybridized carbons (Fsp3) is 0.273. The zero-order valence-corrected chi connectivity index (χ0v) is 9.60. The van der Waals surface area contributed by atoms with Crippen molar-refractivity contribution in [1.82, 2.24) is 15.3 Å².